The summed E-state index contributed by atoms with van der Waals surface area (Å²) in [5.74, 6) is 0.654. The molecule has 6 heteroatoms. The van der Waals surface area contributed by atoms with Crippen molar-refractivity contribution >= 4 is 11.7 Å². The van der Waals surface area contributed by atoms with Gasteiger partial charge in [-0.1, -0.05) is 0 Å². The van der Waals surface area contributed by atoms with Gasteiger partial charge in [0, 0.05) is 25.2 Å². The van der Waals surface area contributed by atoms with Gasteiger partial charge in [-0.15, -0.1) is 0 Å². The monoisotopic (exact) mass is 252 g/mol. The molecule has 0 aliphatic carbocycles. The number of amides is 1. The van der Waals surface area contributed by atoms with E-state index in [1.54, 1.807) is 16.9 Å². The minimum absolute atomic E-state index is 0.0634. The molecule has 2 heterocycles. The number of nitrogens with one attached hydrogen (secondary N) is 1. The van der Waals surface area contributed by atoms with E-state index in [1.165, 1.54) is 0 Å². The van der Waals surface area contributed by atoms with Crippen molar-refractivity contribution in [3.8, 4) is 0 Å². The van der Waals surface area contributed by atoms with Crippen molar-refractivity contribution in [3.05, 3.63) is 12.3 Å². The van der Waals surface area contributed by atoms with E-state index < -0.39 is 0 Å². The van der Waals surface area contributed by atoms with Crippen LogP contribution in [0.2, 0.25) is 0 Å². The Kier molecular flexibility index (Phi) is 3.98. The van der Waals surface area contributed by atoms with Gasteiger partial charge >= 0.3 is 0 Å². The minimum atomic E-state index is -0.293. The first-order chi connectivity index (χ1) is 8.56. The Labute approximate surface area is 107 Å². The van der Waals surface area contributed by atoms with Crippen LogP contribution in [0.15, 0.2) is 12.3 Å². The molecular weight excluding hydrogens is 232 g/mol. The van der Waals surface area contributed by atoms with Crippen molar-refractivity contribution in [2.45, 2.75) is 32.4 Å². The fourth-order valence-corrected chi connectivity index (χ4v) is 2.17. The molecule has 1 fully saturated rings. The number of carbonyl (C=O) groups excluding carboxylic acids is 1. The van der Waals surface area contributed by atoms with Crippen LogP contribution < -0.4 is 5.32 Å². The van der Waals surface area contributed by atoms with Crippen molar-refractivity contribution in [3.63, 3.8) is 0 Å². The first kappa shape index (κ1) is 13.0. The second-order valence-corrected chi connectivity index (χ2v) is 4.98. The van der Waals surface area contributed by atoms with Crippen molar-refractivity contribution in [1.82, 2.24) is 14.7 Å². The lowest BCUT2D eigenvalue weighted by Crippen LogP contribution is -2.32. The molecule has 100 valence electrons. The molecule has 1 aromatic heterocycles. The van der Waals surface area contributed by atoms with Gasteiger partial charge in [0.1, 0.15) is 5.82 Å². The molecular formula is C12H20N4O2. The van der Waals surface area contributed by atoms with Gasteiger partial charge < -0.3 is 10.4 Å². The summed E-state index contributed by atoms with van der Waals surface area (Å²) in [5.41, 5.74) is 0. The first-order valence-electron chi connectivity index (χ1n) is 6.30. The van der Waals surface area contributed by atoms with Crippen LogP contribution in [0.25, 0.3) is 0 Å². The largest absolute Gasteiger partial charge is 0.392 e. The average Bonchev–Trinajstić information content (AvgIpc) is 2.87. The molecule has 2 rings (SSSR count). The maximum absolute atomic E-state index is 11.9. The highest BCUT2D eigenvalue weighted by atomic mass is 16.3. The Morgan fingerprint density at radius 1 is 1.67 bits per heavy atom. The number of nitrogens with zero attached hydrogens (tertiary/aromatic N) is 3. The topological polar surface area (TPSA) is 70.4 Å². The zero-order valence-corrected chi connectivity index (χ0v) is 10.8. The fraction of sp³-hybridized carbons (Fsp3) is 0.667. The molecule has 1 aromatic rings. The molecule has 6 nitrogen and oxygen atoms in total. The van der Waals surface area contributed by atoms with Crippen LogP contribution in [0.5, 0.6) is 0 Å². The Balaban J connectivity index is 1.89. The van der Waals surface area contributed by atoms with E-state index in [0.29, 0.717) is 13.1 Å². The van der Waals surface area contributed by atoms with Crippen molar-refractivity contribution in [2.75, 3.05) is 25.0 Å². The third-order valence-electron chi connectivity index (χ3n) is 3.04. The van der Waals surface area contributed by atoms with E-state index in [-0.39, 0.29) is 18.1 Å². The number of β-amino-alcohol motifs (C(OH)–C–C–N with tert-alkyl or cyclic N) is 1. The van der Waals surface area contributed by atoms with Gasteiger partial charge in [-0.2, -0.15) is 5.10 Å². The Hall–Kier alpha value is -1.40. The second kappa shape index (κ2) is 5.49. The van der Waals surface area contributed by atoms with Crippen LogP contribution in [0.1, 0.15) is 26.3 Å². The summed E-state index contributed by atoms with van der Waals surface area (Å²) in [7, 11) is 0. The number of hydrogen-bond acceptors (Lipinski definition) is 4. The standard InChI is InChI=1S/C12H20N4O2/c1-9(2)16-11(3-5-13-16)14-12(18)8-15-6-4-10(17)7-15/h3,5,9-10,17H,4,6-8H2,1-2H3,(H,14,18). The van der Waals surface area contributed by atoms with E-state index in [2.05, 4.69) is 10.4 Å². The van der Waals surface area contributed by atoms with Crippen LogP contribution in [0.4, 0.5) is 5.82 Å². The lowest BCUT2D eigenvalue weighted by atomic mass is 10.3. The third-order valence-corrected chi connectivity index (χ3v) is 3.04. The van der Waals surface area contributed by atoms with Crippen molar-refractivity contribution in [1.29, 1.82) is 0 Å². The molecule has 0 aromatic carbocycles. The summed E-state index contributed by atoms with van der Waals surface area (Å²) in [6, 6.07) is 2.00. The van der Waals surface area contributed by atoms with E-state index in [0.717, 1.165) is 18.8 Å². The molecule has 2 N–H and O–H groups in total. The molecule has 1 aliphatic heterocycles. The van der Waals surface area contributed by atoms with Gasteiger partial charge in [-0.05, 0) is 20.3 Å². The highest BCUT2D eigenvalue weighted by Crippen LogP contribution is 2.13. The van der Waals surface area contributed by atoms with E-state index in [1.807, 2.05) is 18.7 Å². The Morgan fingerprint density at radius 2 is 2.44 bits per heavy atom. The number of aromatic nitrogens is 2. The quantitative estimate of drug-likeness (QED) is 0.817. The smallest absolute Gasteiger partial charge is 0.239 e. The van der Waals surface area contributed by atoms with Crippen LogP contribution in [-0.2, 0) is 4.79 Å². The van der Waals surface area contributed by atoms with E-state index in [9.17, 15) is 9.90 Å². The number of anilines is 1. The predicted octanol–water partition coefficient (Wildman–Crippen LogP) is 0.469. The van der Waals surface area contributed by atoms with Crippen LogP contribution in [-0.4, -0.2) is 51.4 Å². The molecule has 0 saturated carbocycles. The summed E-state index contributed by atoms with van der Waals surface area (Å²) in [4.78, 5) is 13.8. The first-order valence-corrected chi connectivity index (χ1v) is 6.30. The molecule has 1 unspecified atom stereocenters. The highest BCUT2D eigenvalue weighted by Gasteiger charge is 2.22. The molecule has 1 atom stereocenters. The molecule has 0 spiro atoms. The van der Waals surface area contributed by atoms with Gasteiger partial charge in [0.05, 0.1) is 18.8 Å². The summed E-state index contributed by atoms with van der Waals surface area (Å²) < 4.78 is 1.77. The molecule has 0 radical (unpaired) electrons. The Morgan fingerprint density at radius 3 is 3.06 bits per heavy atom. The van der Waals surface area contributed by atoms with Gasteiger partial charge in [-0.3, -0.25) is 9.69 Å². The number of likely N-dealkylation sites (tertiary alicyclic amines) is 1. The number of hydrogen-bond donors (Lipinski definition) is 2. The van der Waals surface area contributed by atoms with Gasteiger partial charge in [0.15, 0.2) is 0 Å². The summed E-state index contributed by atoms with van der Waals surface area (Å²) in [5, 5.41) is 16.4. The molecule has 1 saturated heterocycles. The zero-order valence-electron chi connectivity index (χ0n) is 10.8. The summed E-state index contributed by atoms with van der Waals surface area (Å²) in [6.07, 6.45) is 2.13. The third kappa shape index (κ3) is 3.08. The zero-order chi connectivity index (χ0) is 13.1. The second-order valence-electron chi connectivity index (χ2n) is 4.98. The van der Waals surface area contributed by atoms with Crippen LogP contribution in [0, 0.1) is 0 Å². The minimum Gasteiger partial charge on any atom is -0.392 e. The van der Waals surface area contributed by atoms with Gasteiger partial charge in [-0.25, -0.2) is 4.68 Å². The lowest BCUT2D eigenvalue weighted by Gasteiger charge is -2.16. The van der Waals surface area contributed by atoms with Crippen molar-refractivity contribution < 1.29 is 9.90 Å². The molecule has 1 aliphatic rings. The lowest BCUT2D eigenvalue weighted by molar-refractivity contribution is -0.117. The average molecular weight is 252 g/mol. The fourth-order valence-electron chi connectivity index (χ4n) is 2.17. The number of carbonyl (C=O) groups is 1. The van der Waals surface area contributed by atoms with E-state index >= 15 is 0 Å². The number of aliphatic hydroxyl groups is 1. The number of rotatable bonds is 4. The highest BCUT2D eigenvalue weighted by molar-refractivity contribution is 5.91. The predicted molar refractivity (Wildman–Crippen MR) is 68.3 cm³/mol. The summed E-state index contributed by atoms with van der Waals surface area (Å²) in [6.45, 7) is 5.70. The molecule has 18 heavy (non-hydrogen) atoms. The maximum atomic E-state index is 11.9. The number of aliphatic hydroxyl groups excluding tert-OH is 1. The van der Waals surface area contributed by atoms with E-state index in [4.69, 9.17) is 0 Å². The maximum Gasteiger partial charge on any atom is 0.239 e. The normalized spacial score (nSPS) is 20.6. The molecule has 0 bridgehead atoms. The van der Waals surface area contributed by atoms with Crippen molar-refractivity contribution in [2.24, 2.45) is 0 Å². The summed E-state index contributed by atoms with van der Waals surface area (Å²) >= 11 is 0. The van der Waals surface area contributed by atoms with Gasteiger partial charge in [0.25, 0.3) is 0 Å². The SMILES string of the molecule is CC(C)n1nccc1NC(=O)CN1CCC(O)C1. The van der Waals surface area contributed by atoms with Gasteiger partial charge in [0.2, 0.25) is 5.91 Å². The molecule has 1 amide bonds. The Bertz CT molecular complexity index is 416. The van der Waals surface area contributed by atoms with Crippen LogP contribution >= 0.6 is 0 Å². The van der Waals surface area contributed by atoms with Crippen LogP contribution in [0.3, 0.4) is 0 Å².